The van der Waals surface area contributed by atoms with Crippen LogP contribution in [0.5, 0.6) is 5.75 Å². The van der Waals surface area contributed by atoms with E-state index in [1.54, 1.807) is 37.4 Å². The molecule has 3 rings (SSSR count). The third kappa shape index (κ3) is 4.67. The third-order valence-corrected chi connectivity index (χ3v) is 4.13. The van der Waals surface area contributed by atoms with E-state index in [2.05, 4.69) is 10.4 Å². The predicted molar refractivity (Wildman–Crippen MR) is 106 cm³/mol. The van der Waals surface area contributed by atoms with Crippen LogP contribution in [0.15, 0.2) is 59.4 Å². The molecule has 0 atom stereocenters. The van der Waals surface area contributed by atoms with Gasteiger partial charge in [0, 0.05) is 27.4 Å². The Morgan fingerprint density at radius 1 is 1.11 bits per heavy atom. The van der Waals surface area contributed by atoms with Gasteiger partial charge in [-0.2, -0.15) is 5.10 Å². The summed E-state index contributed by atoms with van der Waals surface area (Å²) in [5.74, 6) is 0.188. The van der Waals surface area contributed by atoms with E-state index >= 15 is 0 Å². The molecule has 0 aliphatic rings. The number of carbonyl (C=O) groups excluding carboxylic acids is 1. The number of para-hydroxylation sites is 1. The van der Waals surface area contributed by atoms with Crippen molar-refractivity contribution in [2.75, 3.05) is 12.4 Å². The van der Waals surface area contributed by atoms with Crippen molar-refractivity contribution >= 4 is 34.8 Å². The zero-order valence-corrected chi connectivity index (χ0v) is 15.8. The lowest BCUT2D eigenvalue weighted by molar-refractivity contribution is -0.117. The first kappa shape index (κ1) is 18.9. The molecule has 0 saturated carbocycles. The maximum absolute atomic E-state index is 12.3. The normalized spacial score (nSPS) is 10.5. The van der Waals surface area contributed by atoms with Crippen molar-refractivity contribution < 1.29 is 9.53 Å². The van der Waals surface area contributed by atoms with Crippen LogP contribution in [-0.4, -0.2) is 22.8 Å². The molecular weight excluding hydrogens is 389 g/mol. The molecule has 8 heteroatoms. The van der Waals surface area contributed by atoms with E-state index in [0.717, 1.165) is 10.2 Å². The summed E-state index contributed by atoms with van der Waals surface area (Å²) in [6, 6.07) is 14.9. The molecule has 27 heavy (non-hydrogen) atoms. The minimum atomic E-state index is -0.430. The Kier molecular flexibility index (Phi) is 5.78. The van der Waals surface area contributed by atoms with Crippen molar-refractivity contribution in [1.82, 2.24) is 9.78 Å². The summed E-state index contributed by atoms with van der Waals surface area (Å²) >= 11 is 11.8. The molecular formula is C19H15Cl2N3O3. The number of anilines is 1. The number of benzene rings is 2. The van der Waals surface area contributed by atoms with Gasteiger partial charge in [-0.3, -0.25) is 9.59 Å². The Labute approximate surface area is 165 Å². The lowest BCUT2D eigenvalue weighted by atomic mass is 10.1. The highest BCUT2D eigenvalue weighted by Gasteiger charge is 2.11. The lowest BCUT2D eigenvalue weighted by Gasteiger charge is -2.10. The molecule has 1 N–H and O–H groups in total. The average molecular weight is 404 g/mol. The first-order valence-electron chi connectivity index (χ1n) is 7.94. The number of amides is 1. The highest BCUT2D eigenvalue weighted by molar-refractivity contribution is 6.35. The molecule has 2 aromatic carbocycles. The number of halogens is 2. The van der Waals surface area contributed by atoms with Crippen LogP contribution in [0.1, 0.15) is 0 Å². The van der Waals surface area contributed by atoms with Crippen molar-refractivity contribution in [3.8, 4) is 17.0 Å². The molecule has 0 spiro atoms. The first-order chi connectivity index (χ1) is 13.0. The summed E-state index contributed by atoms with van der Waals surface area (Å²) in [5, 5.41) is 7.72. The number of nitrogens with one attached hydrogen (secondary N) is 1. The standard InChI is InChI=1S/C19H15Cl2N3O3/c1-27-17-5-3-2-4-15(17)16-6-7-19(26)24(23-16)11-18(25)22-14-9-12(20)8-13(21)10-14/h2-10H,11H2,1H3,(H,22,25). The molecule has 0 aliphatic carbocycles. The quantitative estimate of drug-likeness (QED) is 0.701. The highest BCUT2D eigenvalue weighted by atomic mass is 35.5. The molecule has 0 saturated heterocycles. The molecule has 0 radical (unpaired) electrons. The van der Waals surface area contributed by atoms with Crippen LogP contribution in [0, 0.1) is 0 Å². The molecule has 0 aliphatic heterocycles. The van der Waals surface area contributed by atoms with Gasteiger partial charge < -0.3 is 10.1 Å². The maximum Gasteiger partial charge on any atom is 0.267 e. The molecule has 3 aromatic rings. The fraction of sp³-hybridized carbons (Fsp3) is 0.105. The van der Waals surface area contributed by atoms with Crippen LogP contribution >= 0.6 is 23.2 Å². The first-order valence-corrected chi connectivity index (χ1v) is 8.69. The smallest absolute Gasteiger partial charge is 0.267 e. The molecule has 6 nitrogen and oxygen atoms in total. The summed E-state index contributed by atoms with van der Waals surface area (Å²) in [4.78, 5) is 24.4. The van der Waals surface area contributed by atoms with Gasteiger partial charge in [0.05, 0.1) is 12.8 Å². The topological polar surface area (TPSA) is 73.2 Å². The molecule has 0 fully saturated rings. The van der Waals surface area contributed by atoms with Gasteiger partial charge in [0.15, 0.2) is 0 Å². The van der Waals surface area contributed by atoms with Crippen molar-refractivity contribution in [2.45, 2.75) is 6.54 Å². The van der Waals surface area contributed by atoms with Gasteiger partial charge in [0.1, 0.15) is 12.3 Å². The van der Waals surface area contributed by atoms with Crippen LogP contribution in [0.2, 0.25) is 10.0 Å². The number of nitrogens with zero attached hydrogens (tertiary/aromatic N) is 2. The Hall–Kier alpha value is -2.83. The van der Waals surface area contributed by atoms with Gasteiger partial charge in [0.2, 0.25) is 5.91 Å². The van der Waals surface area contributed by atoms with E-state index in [0.29, 0.717) is 27.2 Å². The number of carbonyl (C=O) groups is 1. The van der Waals surface area contributed by atoms with Crippen molar-refractivity contribution in [3.05, 3.63) is 75.0 Å². The number of aromatic nitrogens is 2. The van der Waals surface area contributed by atoms with Gasteiger partial charge in [-0.15, -0.1) is 0 Å². The Balaban J connectivity index is 1.84. The third-order valence-electron chi connectivity index (χ3n) is 3.69. The Morgan fingerprint density at radius 3 is 2.52 bits per heavy atom. The molecule has 138 valence electrons. The zero-order valence-electron chi connectivity index (χ0n) is 14.3. The van der Waals surface area contributed by atoms with Gasteiger partial charge in [-0.05, 0) is 36.4 Å². The average Bonchev–Trinajstić information content (AvgIpc) is 2.62. The molecule has 0 bridgehead atoms. The fourth-order valence-electron chi connectivity index (χ4n) is 2.52. The minimum Gasteiger partial charge on any atom is -0.496 e. The van der Waals surface area contributed by atoms with E-state index in [1.165, 1.54) is 6.07 Å². The fourth-order valence-corrected chi connectivity index (χ4v) is 3.05. The predicted octanol–water partition coefficient (Wildman–Crippen LogP) is 3.86. The van der Waals surface area contributed by atoms with E-state index in [-0.39, 0.29) is 6.54 Å². The monoisotopic (exact) mass is 403 g/mol. The van der Waals surface area contributed by atoms with Crippen molar-refractivity contribution in [1.29, 1.82) is 0 Å². The van der Waals surface area contributed by atoms with Crippen LogP contribution in [0.4, 0.5) is 5.69 Å². The minimum absolute atomic E-state index is 0.258. The van der Waals surface area contributed by atoms with E-state index in [1.807, 2.05) is 18.2 Å². The van der Waals surface area contributed by atoms with E-state index < -0.39 is 11.5 Å². The number of ether oxygens (including phenoxy) is 1. The number of rotatable bonds is 5. The lowest BCUT2D eigenvalue weighted by Crippen LogP contribution is -2.29. The van der Waals surface area contributed by atoms with Crippen molar-refractivity contribution in [2.24, 2.45) is 0 Å². The summed E-state index contributed by atoms with van der Waals surface area (Å²) < 4.78 is 6.41. The van der Waals surface area contributed by atoms with Crippen LogP contribution in [0.3, 0.4) is 0 Å². The molecule has 1 heterocycles. The number of hydrogen-bond donors (Lipinski definition) is 1. The summed E-state index contributed by atoms with van der Waals surface area (Å²) in [7, 11) is 1.55. The molecule has 1 amide bonds. The van der Waals surface area contributed by atoms with Crippen LogP contribution < -0.4 is 15.6 Å². The summed E-state index contributed by atoms with van der Waals surface area (Å²) in [6.07, 6.45) is 0. The second kappa shape index (κ2) is 8.24. The van der Waals surface area contributed by atoms with Crippen LogP contribution in [0.25, 0.3) is 11.3 Å². The maximum atomic E-state index is 12.3. The second-order valence-electron chi connectivity index (χ2n) is 5.62. The van der Waals surface area contributed by atoms with Crippen molar-refractivity contribution in [3.63, 3.8) is 0 Å². The Bertz CT molecular complexity index is 1030. The SMILES string of the molecule is COc1ccccc1-c1ccc(=O)n(CC(=O)Nc2cc(Cl)cc(Cl)c2)n1. The zero-order chi connectivity index (χ0) is 19.4. The second-order valence-corrected chi connectivity index (χ2v) is 6.49. The van der Waals surface area contributed by atoms with Gasteiger partial charge in [0.25, 0.3) is 5.56 Å². The molecule has 0 unspecified atom stereocenters. The number of methoxy groups -OCH3 is 1. The van der Waals surface area contributed by atoms with Gasteiger partial charge >= 0.3 is 0 Å². The summed E-state index contributed by atoms with van der Waals surface area (Å²) in [5.41, 5.74) is 1.28. The van der Waals surface area contributed by atoms with Gasteiger partial charge in [-0.25, -0.2) is 4.68 Å². The Morgan fingerprint density at radius 2 is 1.81 bits per heavy atom. The number of hydrogen-bond acceptors (Lipinski definition) is 4. The van der Waals surface area contributed by atoms with E-state index in [4.69, 9.17) is 27.9 Å². The van der Waals surface area contributed by atoms with Crippen LogP contribution in [-0.2, 0) is 11.3 Å². The van der Waals surface area contributed by atoms with Gasteiger partial charge in [-0.1, -0.05) is 35.3 Å². The van der Waals surface area contributed by atoms with E-state index in [9.17, 15) is 9.59 Å². The largest absolute Gasteiger partial charge is 0.496 e. The highest BCUT2D eigenvalue weighted by Crippen LogP contribution is 2.27. The summed E-state index contributed by atoms with van der Waals surface area (Å²) in [6.45, 7) is -0.258. The molecule has 1 aromatic heterocycles.